The second-order valence-electron chi connectivity index (χ2n) is 6.81. The molecule has 0 radical (unpaired) electrons. The van der Waals surface area contributed by atoms with Crippen LogP contribution in [0.5, 0.6) is 0 Å². The number of hydrogen-bond donors (Lipinski definition) is 2. The lowest BCUT2D eigenvalue weighted by Crippen LogP contribution is -2.39. The predicted octanol–water partition coefficient (Wildman–Crippen LogP) is 4.05. The van der Waals surface area contributed by atoms with E-state index in [9.17, 15) is 40.7 Å². The average molecular weight is 442 g/mol. The number of nitrogens with one attached hydrogen (secondary N) is 1. The summed E-state index contributed by atoms with van der Waals surface area (Å²) in [4.78, 5) is 36.0. The third kappa shape index (κ3) is 6.92. The summed E-state index contributed by atoms with van der Waals surface area (Å²) in [5.74, 6) is -2.60. The Morgan fingerprint density at radius 3 is 1.87 bits per heavy atom. The number of carbonyl (C=O) groups excluding carboxylic acids is 2. The van der Waals surface area contributed by atoms with E-state index in [2.05, 4.69) is 5.32 Å². The van der Waals surface area contributed by atoms with E-state index in [1.807, 2.05) is 0 Å². The van der Waals surface area contributed by atoms with Crippen molar-refractivity contribution in [2.24, 2.45) is 5.92 Å². The van der Waals surface area contributed by atoms with Crippen molar-refractivity contribution in [1.82, 2.24) is 10.2 Å². The standard InChI is InChI=1S/C18H20F6N2O4/c1-9(4-10(2)26(3)16(29)30)15(28)25-8-14(27)11-5-12(17(19,20)21)7-13(6-11)18(22,23)24/h5-7,9-10H,4,8H2,1-3H3,(H,25,28)(H,29,30). The zero-order valence-corrected chi connectivity index (χ0v) is 16.2. The lowest BCUT2D eigenvalue weighted by molar-refractivity contribution is -0.143. The highest BCUT2D eigenvalue weighted by atomic mass is 19.4. The van der Waals surface area contributed by atoms with Crippen molar-refractivity contribution in [2.75, 3.05) is 13.6 Å². The summed E-state index contributed by atoms with van der Waals surface area (Å²) in [7, 11) is 1.30. The summed E-state index contributed by atoms with van der Waals surface area (Å²) < 4.78 is 77.2. The molecule has 0 spiro atoms. The first-order valence-corrected chi connectivity index (χ1v) is 8.60. The van der Waals surface area contributed by atoms with Crippen LogP contribution < -0.4 is 5.32 Å². The normalized spacial score (nSPS) is 14.0. The van der Waals surface area contributed by atoms with Gasteiger partial charge in [-0.05, 0) is 31.5 Å². The molecule has 2 N–H and O–H groups in total. The largest absolute Gasteiger partial charge is 0.465 e. The Morgan fingerprint density at radius 1 is 1.00 bits per heavy atom. The molecule has 0 aliphatic rings. The number of rotatable bonds is 7. The van der Waals surface area contributed by atoms with Gasteiger partial charge < -0.3 is 15.3 Å². The average Bonchev–Trinajstić information content (AvgIpc) is 2.62. The first-order chi connectivity index (χ1) is 13.5. The van der Waals surface area contributed by atoms with Gasteiger partial charge in [0.15, 0.2) is 5.78 Å². The number of alkyl halides is 6. The molecule has 0 fully saturated rings. The van der Waals surface area contributed by atoms with Gasteiger partial charge in [0.05, 0.1) is 17.7 Å². The van der Waals surface area contributed by atoms with Crippen LogP contribution in [0.1, 0.15) is 41.8 Å². The van der Waals surface area contributed by atoms with Crippen molar-refractivity contribution in [3.05, 3.63) is 34.9 Å². The Kier molecular flexibility index (Phi) is 7.87. The van der Waals surface area contributed by atoms with E-state index in [-0.39, 0.29) is 24.6 Å². The number of halogens is 6. The second kappa shape index (κ2) is 9.35. The molecule has 6 nitrogen and oxygen atoms in total. The Morgan fingerprint density at radius 2 is 1.47 bits per heavy atom. The minimum Gasteiger partial charge on any atom is -0.465 e. The topological polar surface area (TPSA) is 86.7 Å². The highest BCUT2D eigenvalue weighted by molar-refractivity contribution is 5.99. The van der Waals surface area contributed by atoms with Gasteiger partial charge in [0.2, 0.25) is 5.91 Å². The summed E-state index contributed by atoms with van der Waals surface area (Å²) in [6.45, 7) is 2.17. The molecule has 0 bridgehead atoms. The molecular formula is C18H20F6N2O4. The third-order valence-electron chi connectivity index (χ3n) is 4.44. The first-order valence-electron chi connectivity index (χ1n) is 8.60. The van der Waals surface area contributed by atoms with Gasteiger partial charge in [-0.25, -0.2) is 4.79 Å². The molecule has 0 aromatic heterocycles. The Balaban J connectivity index is 2.90. The fourth-order valence-electron chi connectivity index (χ4n) is 2.52. The van der Waals surface area contributed by atoms with E-state index in [0.717, 1.165) is 4.90 Å². The highest BCUT2D eigenvalue weighted by Crippen LogP contribution is 2.36. The number of amides is 2. The van der Waals surface area contributed by atoms with Crippen LogP contribution >= 0.6 is 0 Å². The van der Waals surface area contributed by atoms with Crippen LogP contribution in [0.15, 0.2) is 18.2 Å². The SMILES string of the molecule is CC(CC(C)N(C)C(=O)O)C(=O)NCC(=O)c1cc(C(F)(F)F)cc(C(F)(F)F)c1. The van der Waals surface area contributed by atoms with Crippen molar-refractivity contribution < 1.29 is 45.8 Å². The zero-order valence-electron chi connectivity index (χ0n) is 16.2. The Bertz CT molecular complexity index is 775. The molecule has 2 atom stereocenters. The number of carbonyl (C=O) groups is 3. The molecule has 1 aromatic rings. The van der Waals surface area contributed by atoms with Gasteiger partial charge >= 0.3 is 18.4 Å². The molecule has 30 heavy (non-hydrogen) atoms. The van der Waals surface area contributed by atoms with Crippen LogP contribution in [-0.2, 0) is 17.1 Å². The van der Waals surface area contributed by atoms with Crippen LogP contribution in [-0.4, -0.2) is 47.4 Å². The van der Waals surface area contributed by atoms with Gasteiger partial charge in [-0.15, -0.1) is 0 Å². The number of nitrogens with zero attached hydrogens (tertiary/aromatic N) is 1. The van der Waals surface area contributed by atoms with Crippen molar-refractivity contribution in [1.29, 1.82) is 0 Å². The monoisotopic (exact) mass is 442 g/mol. The number of ketones is 1. The number of hydrogen-bond acceptors (Lipinski definition) is 3. The molecule has 1 rings (SSSR count). The fourth-order valence-corrected chi connectivity index (χ4v) is 2.52. The van der Waals surface area contributed by atoms with E-state index in [4.69, 9.17) is 5.11 Å². The molecule has 0 heterocycles. The second-order valence-corrected chi connectivity index (χ2v) is 6.81. The molecule has 12 heteroatoms. The molecular weight excluding hydrogens is 422 g/mol. The maximum Gasteiger partial charge on any atom is 0.416 e. The molecule has 2 amide bonds. The Hall–Kier alpha value is -2.79. The van der Waals surface area contributed by atoms with Crippen LogP contribution in [0.4, 0.5) is 31.1 Å². The predicted molar refractivity (Wildman–Crippen MR) is 92.8 cm³/mol. The van der Waals surface area contributed by atoms with Crippen LogP contribution in [0.25, 0.3) is 0 Å². The lowest BCUT2D eigenvalue weighted by atomic mass is 10.00. The quantitative estimate of drug-likeness (QED) is 0.493. The van der Waals surface area contributed by atoms with Gasteiger partial charge in [0, 0.05) is 24.6 Å². The van der Waals surface area contributed by atoms with Gasteiger partial charge in [-0.2, -0.15) is 26.3 Å². The molecule has 0 aliphatic heterocycles. The van der Waals surface area contributed by atoms with Gasteiger partial charge in [-0.1, -0.05) is 6.92 Å². The lowest BCUT2D eigenvalue weighted by Gasteiger charge is -2.24. The van der Waals surface area contributed by atoms with Gasteiger partial charge in [0.25, 0.3) is 0 Å². The molecule has 2 unspecified atom stereocenters. The minimum atomic E-state index is -5.10. The van der Waals surface area contributed by atoms with Gasteiger partial charge in [-0.3, -0.25) is 9.59 Å². The number of Topliss-reactive ketones (excluding diaryl/α,β-unsaturated/α-hetero) is 1. The van der Waals surface area contributed by atoms with Crippen LogP contribution in [0.3, 0.4) is 0 Å². The molecule has 168 valence electrons. The number of benzene rings is 1. The summed E-state index contributed by atoms with van der Waals surface area (Å²) in [5, 5.41) is 11.0. The summed E-state index contributed by atoms with van der Waals surface area (Å²) >= 11 is 0. The van der Waals surface area contributed by atoms with E-state index in [1.165, 1.54) is 14.0 Å². The van der Waals surface area contributed by atoms with Crippen LogP contribution in [0, 0.1) is 5.92 Å². The first kappa shape index (κ1) is 25.2. The van der Waals surface area contributed by atoms with E-state index < -0.39 is 65.3 Å². The van der Waals surface area contributed by atoms with Crippen LogP contribution in [0.2, 0.25) is 0 Å². The van der Waals surface area contributed by atoms with E-state index in [0.29, 0.717) is 0 Å². The zero-order chi connectivity index (χ0) is 23.4. The third-order valence-corrected chi connectivity index (χ3v) is 4.44. The summed E-state index contributed by atoms with van der Waals surface area (Å²) in [6.07, 6.45) is -11.3. The molecule has 0 saturated heterocycles. The van der Waals surface area contributed by atoms with Crippen molar-refractivity contribution in [3.8, 4) is 0 Å². The molecule has 1 aromatic carbocycles. The van der Waals surface area contributed by atoms with Crippen molar-refractivity contribution >= 4 is 17.8 Å². The summed E-state index contributed by atoms with van der Waals surface area (Å²) in [5.41, 5.74) is -4.11. The minimum absolute atomic E-state index is 0.0879. The van der Waals surface area contributed by atoms with Crippen molar-refractivity contribution in [3.63, 3.8) is 0 Å². The fraction of sp³-hybridized carbons (Fsp3) is 0.500. The maximum absolute atomic E-state index is 12.9. The smallest absolute Gasteiger partial charge is 0.416 e. The Labute approximate surface area is 167 Å². The van der Waals surface area contributed by atoms with E-state index >= 15 is 0 Å². The van der Waals surface area contributed by atoms with Gasteiger partial charge in [0.1, 0.15) is 0 Å². The summed E-state index contributed by atoms with van der Waals surface area (Å²) in [6, 6.07) is -0.0666. The highest BCUT2D eigenvalue weighted by Gasteiger charge is 2.37. The molecule has 0 aliphatic carbocycles. The number of carboxylic acid groups (broad SMARTS) is 1. The van der Waals surface area contributed by atoms with E-state index in [1.54, 1.807) is 6.92 Å². The molecule has 0 saturated carbocycles. The van der Waals surface area contributed by atoms with Crippen molar-refractivity contribution in [2.45, 2.75) is 38.7 Å². The maximum atomic E-state index is 12.9.